The van der Waals surface area contributed by atoms with Crippen LogP contribution in [0.3, 0.4) is 0 Å². The fourth-order valence-electron chi connectivity index (χ4n) is 1.50. The molecule has 1 aromatic heterocycles. The first-order valence-corrected chi connectivity index (χ1v) is 6.62. The van der Waals surface area contributed by atoms with E-state index in [2.05, 4.69) is 27.6 Å². The van der Waals surface area contributed by atoms with Gasteiger partial charge in [0.05, 0.1) is 12.1 Å². The van der Waals surface area contributed by atoms with Gasteiger partial charge in [-0.3, -0.25) is 9.78 Å². The van der Waals surface area contributed by atoms with Crippen LogP contribution in [0.25, 0.3) is 0 Å². The Morgan fingerprint density at radius 2 is 2.11 bits per heavy atom. The van der Waals surface area contributed by atoms with Crippen molar-refractivity contribution in [3.05, 3.63) is 63.5 Å². The molecule has 1 aromatic carbocycles. The predicted molar refractivity (Wildman–Crippen MR) is 76.9 cm³/mol. The average Bonchev–Trinajstić information content (AvgIpc) is 2.38. The van der Waals surface area contributed by atoms with Gasteiger partial charge in [-0.05, 0) is 52.4 Å². The van der Waals surface area contributed by atoms with Gasteiger partial charge in [-0.1, -0.05) is 18.2 Å². The van der Waals surface area contributed by atoms with E-state index in [-0.39, 0.29) is 12.6 Å². The van der Waals surface area contributed by atoms with Crippen LogP contribution in [0.4, 0.5) is 0 Å². The van der Waals surface area contributed by atoms with Crippen LogP contribution >= 0.6 is 22.6 Å². The van der Waals surface area contributed by atoms with Gasteiger partial charge in [0, 0.05) is 9.77 Å². The summed E-state index contributed by atoms with van der Waals surface area (Å²) in [5, 5.41) is 0. The minimum Gasteiger partial charge on any atom is -0.459 e. The third-order valence-electron chi connectivity index (χ3n) is 2.34. The summed E-state index contributed by atoms with van der Waals surface area (Å²) in [5.74, 6) is -0.234. The van der Waals surface area contributed by atoms with Crippen LogP contribution in [0.1, 0.15) is 11.3 Å². The Labute approximate surface area is 119 Å². The number of hydrogen-bond donors (Lipinski definition) is 0. The van der Waals surface area contributed by atoms with Crippen molar-refractivity contribution >= 4 is 28.6 Å². The van der Waals surface area contributed by atoms with Crippen molar-refractivity contribution in [2.75, 3.05) is 0 Å². The van der Waals surface area contributed by atoms with Crippen molar-refractivity contribution < 1.29 is 9.53 Å². The van der Waals surface area contributed by atoms with Gasteiger partial charge in [0.1, 0.15) is 6.61 Å². The number of pyridine rings is 1. The van der Waals surface area contributed by atoms with E-state index < -0.39 is 0 Å². The Bertz CT molecular complexity index is 528. The van der Waals surface area contributed by atoms with Crippen molar-refractivity contribution in [2.45, 2.75) is 13.0 Å². The molecule has 0 radical (unpaired) electrons. The molecule has 0 aliphatic heterocycles. The Morgan fingerprint density at radius 3 is 2.83 bits per heavy atom. The lowest BCUT2D eigenvalue weighted by Crippen LogP contribution is -2.08. The second kappa shape index (κ2) is 6.49. The number of benzene rings is 1. The van der Waals surface area contributed by atoms with Crippen molar-refractivity contribution in [1.82, 2.24) is 4.98 Å². The van der Waals surface area contributed by atoms with Crippen molar-refractivity contribution in [3.8, 4) is 0 Å². The first kappa shape index (κ1) is 13.0. The lowest BCUT2D eigenvalue weighted by Gasteiger charge is -2.04. The Morgan fingerprint density at radius 1 is 1.22 bits per heavy atom. The van der Waals surface area contributed by atoms with Crippen LogP contribution < -0.4 is 0 Å². The topological polar surface area (TPSA) is 39.2 Å². The molecule has 0 N–H and O–H groups in total. The minimum atomic E-state index is -0.234. The number of aromatic nitrogens is 1. The normalized spacial score (nSPS) is 10.1. The van der Waals surface area contributed by atoms with Gasteiger partial charge in [0.15, 0.2) is 0 Å². The van der Waals surface area contributed by atoms with Crippen molar-refractivity contribution in [2.24, 2.45) is 0 Å². The van der Waals surface area contributed by atoms with Gasteiger partial charge in [0.25, 0.3) is 0 Å². The van der Waals surface area contributed by atoms with E-state index in [9.17, 15) is 4.79 Å². The molecule has 0 saturated heterocycles. The second-order valence-corrected chi connectivity index (χ2v) is 5.03. The quantitative estimate of drug-likeness (QED) is 0.627. The summed E-state index contributed by atoms with van der Waals surface area (Å²) in [6.45, 7) is 0.226. The van der Waals surface area contributed by atoms with Gasteiger partial charge in [-0.15, -0.1) is 0 Å². The Hall–Kier alpha value is -1.43. The number of rotatable bonds is 4. The Balaban J connectivity index is 1.86. The molecule has 4 heteroatoms. The second-order valence-electron chi connectivity index (χ2n) is 3.79. The van der Waals surface area contributed by atoms with Gasteiger partial charge in [0.2, 0.25) is 0 Å². The maximum Gasteiger partial charge on any atom is 0.310 e. The highest BCUT2D eigenvalue weighted by atomic mass is 127. The highest BCUT2D eigenvalue weighted by Gasteiger charge is 2.05. The lowest BCUT2D eigenvalue weighted by molar-refractivity contribution is -0.144. The zero-order valence-electron chi connectivity index (χ0n) is 9.67. The highest BCUT2D eigenvalue weighted by molar-refractivity contribution is 14.1. The van der Waals surface area contributed by atoms with Crippen molar-refractivity contribution in [1.29, 1.82) is 0 Å². The molecule has 0 aliphatic rings. The molecule has 18 heavy (non-hydrogen) atoms. The van der Waals surface area contributed by atoms with E-state index in [4.69, 9.17) is 4.74 Å². The first-order valence-electron chi connectivity index (χ1n) is 5.54. The highest BCUT2D eigenvalue weighted by Crippen LogP contribution is 2.09. The number of ether oxygens (including phenoxy) is 1. The third-order valence-corrected chi connectivity index (χ3v) is 3.02. The third kappa shape index (κ3) is 4.10. The maximum absolute atomic E-state index is 11.6. The number of hydrogen-bond acceptors (Lipinski definition) is 3. The summed E-state index contributed by atoms with van der Waals surface area (Å²) >= 11 is 2.22. The molecule has 1 heterocycles. The van der Waals surface area contributed by atoms with Crippen LogP contribution in [0.15, 0.2) is 48.7 Å². The molecule has 2 rings (SSSR count). The van der Waals surface area contributed by atoms with Crippen LogP contribution in [0.5, 0.6) is 0 Å². The zero-order valence-corrected chi connectivity index (χ0v) is 11.8. The number of carbonyl (C=O) groups excluding carboxylic acids is 1. The van der Waals surface area contributed by atoms with Crippen LogP contribution in [-0.2, 0) is 22.6 Å². The van der Waals surface area contributed by atoms with E-state index in [1.165, 1.54) is 0 Å². The van der Waals surface area contributed by atoms with Gasteiger partial charge in [-0.2, -0.15) is 0 Å². The van der Waals surface area contributed by atoms with E-state index in [0.29, 0.717) is 6.42 Å². The number of halogens is 1. The van der Waals surface area contributed by atoms with E-state index >= 15 is 0 Å². The molecule has 0 saturated carbocycles. The SMILES string of the molecule is O=C(Cc1cccc(I)c1)OCc1ccccn1. The fourth-order valence-corrected chi connectivity index (χ4v) is 2.11. The summed E-state index contributed by atoms with van der Waals surface area (Å²) in [7, 11) is 0. The molecular formula is C14H12INO2. The smallest absolute Gasteiger partial charge is 0.310 e. The van der Waals surface area contributed by atoms with E-state index in [1.54, 1.807) is 6.20 Å². The molecule has 0 fully saturated rings. The number of esters is 1. The van der Waals surface area contributed by atoms with Crippen LogP contribution in [0, 0.1) is 3.57 Å². The summed E-state index contributed by atoms with van der Waals surface area (Å²) in [6, 6.07) is 13.4. The fraction of sp³-hybridized carbons (Fsp3) is 0.143. The Kier molecular flexibility index (Phi) is 4.69. The van der Waals surface area contributed by atoms with Crippen LogP contribution in [0.2, 0.25) is 0 Å². The molecule has 0 aliphatic carbocycles. The molecule has 0 bridgehead atoms. The van der Waals surface area contributed by atoms with Gasteiger partial charge < -0.3 is 4.74 Å². The van der Waals surface area contributed by atoms with Gasteiger partial charge >= 0.3 is 5.97 Å². The molecule has 0 atom stereocenters. The molecule has 92 valence electrons. The summed E-state index contributed by atoms with van der Waals surface area (Å²) in [4.78, 5) is 15.7. The molecule has 0 unspecified atom stereocenters. The molecular weight excluding hydrogens is 341 g/mol. The average molecular weight is 353 g/mol. The summed E-state index contributed by atoms with van der Waals surface area (Å²) < 4.78 is 6.28. The van der Waals surface area contributed by atoms with Crippen molar-refractivity contribution in [3.63, 3.8) is 0 Å². The van der Waals surface area contributed by atoms with Crippen LogP contribution in [-0.4, -0.2) is 11.0 Å². The molecule has 0 spiro atoms. The number of carbonyl (C=O) groups is 1. The monoisotopic (exact) mass is 353 g/mol. The molecule has 3 nitrogen and oxygen atoms in total. The number of nitrogens with zero attached hydrogens (tertiary/aromatic N) is 1. The van der Waals surface area contributed by atoms with Gasteiger partial charge in [-0.25, -0.2) is 0 Å². The van der Waals surface area contributed by atoms with E-state index in [0.717, 1.165) is 14.8 Å². The molecule has 0 amide bonds. The molecule has 2 aromatic rings. The van der Waals surface area contributed by atoms with E-state index in [1.807, 2.05) is 42.5 Å². The maximum atomic E-state index is 11.6. The largest absolute Gasteiger partial charge is 0.459 e. The minimum absolute atomic E-state index is 0.226. The zero-order chi connectivity index (χ0) is 12.8. The first-order chi connectivity index (χ1) is 8.74. The lowest BCUT2D eigenvalue weighted by atomic mass is 10.2. The summed E-state index contributed by atoms with van der Waals surface area (Å²) in [6.07, 6.45) is 1.98. The summed E-state index contributed by atoms with van der Waals surface area (Å²) in [5.41, 5.74) is 1.72. The standard InChI is InChI=1S/C14H12INO2/c15-12-5-3-4-11(8-12)9-14(17)18-10-13-6-1-2-7-16-13/h1-8H,9-10H2. The predicted octanol–water partition coefficient (Wildman–Crippen LogP) is 2.97.